The van der Waals surface area contributed by atoms with Crippen LogP contribution in [0.5, 0.6) is 0 Å². The molecule has 15 nitrogen and oxygen atoms in total. The predicted octanol–water partition coefficient (Wildman–Crippen LogP) is 24.2. The second kappa shape index (κ2) is 29.9. The minimum atomic E-state index is -5.44. The monoisotopic (exact) mass is 1570 g/mol. The molecule has 0 aliphatic rings. The Morgan fingerprint density at radius 1 is 0.217 bits per heavy atom. The van der Waals surface area contributed by atoms with Gasteiger partial charge in [-0.3, -0.25) is 0 Å². The van der Waals surface area contributed by atoms with Gasteiger partial charge in [0.1, 0.15) is 6.07 Å². The highest BCUT2D eigenvalue weighted by Gasteiger charge is 2.43. The molecule has 0 N–H and O–H groups in total. The third-order valence-electron chi connectivity index (χ3n) is 21.0. The van der Waals surface area contributed by atoms with E-state index in [2.05, 4.69) is 6.07 Å². The van der Waals surface area contributed by atoms with Crippen molar-refractivity contribution in [2.24, 2.45) is 0 Å². The van der Waals surface area contributed by atoms with Crippen LogP contribution in [0.4, 0.5) is 26.3 Å². The lowest BCUT2D eigenvalue weighted by molar-refractivity contribution is -0.142. The van der Waals surface area contributed by atoms with Gasteiger partial charge in [-0.05, 0) is 48.5 Å². The average Bonchev–Trinajstić information content (AvgIpc) is 1.52. The van der Waals surface area contributed by atoms with E-state index < -0.39 is 34.6 Å². The van der Waals surface area contributed by atoms with Gasteiger partial charge in [-0.15, -0.1) is 0 Å². The van der Waals surface area contributed by atoms with Crippen molar-refractivity contribution >= 4 is 43.6 Å². The lowest BCUT2D eigenvalue weighted by Gasteiger charge is -2.24. The topological polar surface area (TPSA) is 188 Å². The van der Waals surface area contributed by atoms with Crippen LogP contribution in [0.1, 0.15) is 16.7 Å². The highest BCUT2D eigenvalue weighted by Crippen LogP contribution is 2.50. The third-order valence-corrected chi connectivity index (χ3v) is 21.0. The fourth-order valence-electron chi connectivity index (χ4n) is 15.4. The Morgan fingerprint density at radius 2 is 0.425 bits per heavy atom. The molecule has 14 aromatic carbocycles. The Balaban J connectivity index is 0.910. The second-order valence-corrected chi connectivity index (χ2v) is 28.5. The molecule has 20 rings (SSSR count). The zero-order valence-electron chi connectivity index (χ0n) is 62.9. The van der Waals surface area contributed by atoms with Crippen molar-refractivity contribution < 1.29 is 26.3 Å². The van der Waals surface area contributed by atoms with Gasteiger partial charge in [-0.25, -0.2) is 59.8 Å². The third kappa shape index (κ3) is 13.6. The van der Waals surface area contributed by atoms with E-state index in [1.165, 1.54) is 12.1 Å². The molecule has 0 saturated heterocycles. The summed E-state index contributed by atoms with van der Waals surface area (Å²) in [6, 6.07) is 104. The summed E-state index contributed by atoms with van der Waals surface area (Å²) in [5.74, 6) is 3.47. The fourth-order valence-corrected chi connectivity index (χ4v) is 15.4. The van der Waals surface area contributed by atoms with E-state index in [-0.39, 0.29) is 51.3 Å². The number of fused-ring (bicyclic) bond motifs is 6. The zero-order chi connectivity index (χ0) is 81.2. The summed E-state index contributed by atoms with van der Waals surface area (Å²) in [6.07, 6.45) is -10.9. The first-order valence-electron chi connectivity index (χ1n) is 38.2. The van der Waals surface area contributed by atoms with Gasteiger partial charge in [0.25, 0.3) is 0 Å². The Morgan fingerprint density at radius 3 is 0.633 bits per heavy atom. The van der Waals surface area contributed by atoms with E-state index in [0.29, 0.717) is 158 Å². The quantitative estimate of drug-likeness (QED) is 0.0883. The van der Waals surface area contributed by atoms with Crippen LogP contribution in [0.15, 0.2) is 346 Å². The maximum atomic E-state index is 16.8. The van der Waals surface area contributed by atoms with Crippen LogP contribution in [0.3, 0.4) is 0 Å². The first-order chi connectivity index (χ1) is 58.7. The zero-order valence-corrected chi connectivity index (χ0v) is 62.9. The SMILES string of the molecule is N#Cc1cc(-n2c3cc(-c4nc(-c5ccccc5)nc(-c5ccccc5)n4)ccc3c3ccc(-c4nc(-c5ccccc5)nc(-c5ccccc5)n4)cc32)c(-c2c(C(F)(F)F)cccc2C(F)(F)F)cc1-n1c2cc(-c3nc(-c4ccccc4)nc(-c4ccccc4)n3)ccc2c2ccc(-c3nc(-c4ccccc4)nc(-c4ccccc4)n3)cc21. The number of aromatic nitrogens is 14. The van der Waals surface area contributed by atoms with Gasteiger partial charge >= 0.3 is 12.4 Å². The molecule has 6 aromatic heterocycles. The van der Waals surface area contributed by atoms with Crippen molar-refractivity contribution in [3.05, 3.63) is 362 Å². The highest BCUT2D eigenvalue weighted by atomic mass is 19.4. The van der Waals surface area contributed by atoms with Gasteiger partial charge in [0.15, 0.2) is 69.9 Å². The molecule has 0 aliphatic heterocycles. The van der Waals surface area contributed by atoms with Crippen LogP contribution >= 0.6 is 0 Å². The minimum Gasteiger partial charge on any atom is -0.309 e. The number of nitriles is 1. The van der Waals surface area contributed by atoms with Crippen LogP contribution in [0, 0.1) is 11.3 Å². The Labute approximate surface area is 680 Å². The molecule has 0 atom stereocenters. The van der Waals surface area contributed by atoms with E-state index in [1.54, 1.807) is 33.4 Å². The largest absolute Gasteiger partial charge is 0.417 e. The van der Waals surface area contributed by atoms with Gasteiger partial charge in [0, 0.05) is 99.4 Å². The highest BCUT2D eigenvalue weighted by molar-refractivity contribution is 6.13. The molecule has 120 heavy (non-hydrogen) atoms. The number of hydrogen-bond donors (Lipinski definition) is 0. The van der Waals surface area contributed by atoms with E-state index in [1.807, 2.05) is 291 Å². The maximum absolute atomic E-state index is 16.8. The lowest BCUT2D eigenvalue weighted by Crippen LogP contribution is -2.15. The summed E-state index contributed by atoms with van der Waals surface area (Å²) in [4.78, 5) is 60.7. The number of hydrogen-bond acceptors (Lipinski definition) is 13. The number of benzene rings is 14. The smallest absolute Gasteiger partial charge is 0.309 e. The lowest BCUT2D eigenvalue weighted by atomic mass is 9.90. The Kier molecular flexibility index (Phi) is 18.1. The molecule has 0 bridgehead atoms. The van der Waals surface area contributed by atoms with Gasteiger partial charge in [0.2, 0.25) is 0 Å². The van der Waals surface area contributed by atoms with Crippen molar-refractivity contribution in [3.8, 4) is 165 Å². The predicted molar refractivity (Wildman–Crippen MR) is 454 cm³/mol. The Hall–Kier alpha value is -16.2. The molecular formula is C99H57F6N15. The van der Waals surface area contributed by atoms with Gasteiger partial charge < -0.3 is 9.13 Å². The molecule has 0 radical (unpaired) electrons. The molecule has 0 unspecified atom stereocenters. The summed E-state index contributed by atoms with van der Waals surface area (Å²) in [5, 5.41) is 14.5. The van der Waals surface area contributed by atoms with Crippen LogP contribution in [-0.4, -0.2) is 68.9 Å². The molecule has 20 aromatic rings. The minimum absolute atomic E-state index is 0.117. The first-order valence-corrected chi connectivity index (χ1v) is 38.2. The van der Waals surface area contributed by atoms with Crippen molar-refractivity contribution in [3.63, 3.8) is 0 Å². The van der Waals surface area contributed by atoms with E-state index in [9.17, 15) is 5.26 Å². The van der Waals surface area contributed by atoms with Crippen LogP contribution < -0.4 is 0 Å². The first kappa shape index (κ1) is 72.7. The Bertz CT molecular complexity index is 6790. The summed E-state index contributed by atoms with van der Waals surface area (Å²) < 4.78 is 104. The number of nitrogens with zero attached hydrogens (tertiary/aromatic N) is 15. The van der Waals surface area contributed by atoms with Gasteiger partial charge in [-0.1, -0.05) is 297 Å². The second-order valence-electron chi connectivity index (χ2n) is 28.5. The normalized spacial score (nSPS) is 11.7. The van der Waals surface area contributed by atoms with Crippen molar-refractivity contribution in [1.29, 1.82) is 5.26 Å². The molecule has 6 heterocycles. The van der Waals surface area contributed by atoms with Crippen LogP contribution in [0.2, 0.25) is 0 Å². The summed E-state index contributed by atoms with van der Waals surface area (Å²) >= 11 is 0. The van der Waals surface area contributed by atoms with Gasteiger partial charge in [-0.2, -0.15) is 31.6 Å². The molecule has 0 amide bonds. The van der Waals surface area contributed by atoms with Gasteiger partial charge in [0.05, 0.1) is 50.1 Å². The fraction of sp³-hybridized carbons (Fsp3) is 0.0202. The van der Waals surface area contributed by atoms with Crippen molar-refractivity contribution in [2.45, 2.75) is 12.4 Å². The van der Waals surface area contributed by atoms with Crippen LogP contribution in [-0.2, 0) is 12.4 Å². The van der Waals surface area contributed by atoms with E-state index >= 15 is 26.3 Å². The van der Waals surface area contributed by atoms with E-state index in [4.69, 9.17) is 59.8 Å². The molecule has 570 valence electrons. The van der Waals surface area contributed by atoms with Crippen molar-refractivity contribution in [1.82, 2.24) is 68.9 Å². The molecule has 0 saturated carbocycles. The van der Waals surface area contributed by atoms with Crippen molar-refractivity contribution in [2.75, 3.05) is 0 Å². The number of halogens is 6. The summed E-state index contributed by atoms with van der Waals surface area (Å²) in [6.45, 7) is 0. The molecule has 0 spiro atoms. The molecule has 0 aliphatic carbocycles. The summed E-state index contributed by atoms with van der Waals surface area (Å²) in [5.41, 5.74) is 2.68. The average molecular weight is 1570 g/mol. The maximum Gasteiger partial charge on any atom is 0.417 e. The summed E-state index contributed by atoms with van der Waals surface area (Å²) in [7, 11) is 0. The number of rotatable bonds is 15. The molecule has 0 fully saturated rings. The standard InChI is InChI=1S/C99H57F6N15/c100-98(101,102)77-42-25-43-78(99(103,104)105)85(77)76-57-79(119-80-52-67(94-111-86(59-26-9-1-10-27-59)107-87(112-94)60-28-11-2-12-29-60)44-48-72(80)73-49-45-68(53-81(73)119)95-113-88(61-30-13-3-14-31-61)108-89(114-95)62-32-15-4-16-33-62)71(58-106)56-84(76)120-82-54-69(96-115-90(63-34-17-5-18-35-63)109-91(116-96)64-36-19-6-20-37-64)46-50-74(82)75-51-47-70(55-83(75)120)97-117-92(65-38-21-7-22-39-65)110-93(118-97)66-40-23-8-24-41-66/h1-57H. The van der Waals surface area contributed by atoms with Crippen LogP contribution in [0.25, 0.3) is 203 Å². The van der Waals surface area contributed by atoms with E-state index in [0.717, 1.165) is 6.07 Å². The molecule has 21 heteroatoms. The molecular weight excluding hydrogens is 1510 g/mol. The number of alkyl halides is 6.